The van der Waals surface area contributed by atoms with Crippen molar-refractivity contribution in [2.75, 3.05) is 18.6 Å². The van der Waals surface area contributed by atoms with E-state index in [9.17, 15) is 5.11 Å². The molecule has 0 spiro atoms. The van der Waals surface area contributed by atoms with Crippen molar-refractivity contribution in [2.45, 2.75) is 43.8 Å². The fraction of sp³-hybridized carbons (Fsp3) is 0.625. The first-order valence-electron chi connectivity index (χ1n) is 7.32. The van der Waals surface area contributed by atoms with Crippen molar-refractivity contribution in [1.29, 1.82) is 0 Å². The van der Waals surface area contributed by atoms with Crippen LogP contribution in [0.3, 0.4) is 0 Å². The molecule has 1 unspecified atom stereocenters. The monoisotopic (exact) mass is 294 g/mol. The maximum atomic E-state index is 10.0. The number of ether oxygens (including phenoxy) is 2. The van der Waals surface area contributed by atoms with Gasteiger partial charge in [-0.3, -0.25) is 0 Å². The van der Waals surface area contributed by atoms with Crippen LogP contribution < -0.4 is 9.47 Å². The Morgan fingerprint density at radius 2 is 2.20 bits per heavy atom. The molecule has 3 rings (SSSR count). The van der Waals surface area contributed by atoms with E-state index in [1.807, 2.05) is 30.0 Å². The number of benzene rings is 1. The fourth-order valence-electron chi connectivity index (χ4n) is 2.60. The highest BCUT2D eigenvalue weighted by atomic mass is 32.2. The summed E-state index contributed by atoms with van der Waals surface area (Å²) >= 11 is 1.96. The topological polar surface area (TPSA) is 38.7 Å². The van der Waals surface area contributed by atoms with Gasteiger partial charge in [-0.25, -0.2) is 0 Å². The minimum atomic E-state index is -0.465. The van der Waals surface area contributed by atoms with Gasteiger partial charge >= 0.3 is 0 Å². The SMILES string of the molecule is COc1cc(CC2(O)CC2)ccc1OC1CCCSC1. The highest BCUT2D eigenvalue weighted by Crippen LogP contribution is 2.40. The third-order valence-electron chi connectivity index (χ3n) is 4.00. The molecule has 2 fully saturated rings. The molecule has 20 heavy (non-hydrogen) atoms. The van der Waals surface area contributed by atoms with Crippen LogP contribution in [0.4, 0.5) is 0 Å². The van der Waals surface area contributed by atoms with Crippen molar-refractivity contribution in [2.24, 2.45) is 0 Å². The van der Waals surface area contributed by atoms with Gasteiger partial charge in [-0.15, -0.1) is 0 Å². The molecule has 2 aliphatic rings. The summed E-state index contributed by atoms with van der Waals surface area (Å²) in [6.45, 7) is 0. The highest BCUT2D eigenvalue weighted by molar-refractivity contribution is 7.99. The van der Waals surface area contributed by atoms with Gasteiger partial charge in [0.25, 0.3) is 0 Å². The molecule has 3 nitrogen and oxygen atoms in total. The molecule has 0 radical (unpaired) electrons. The lowest BCUT2D eigenvalue weighted by Crippen LogP contribution is -2.23. The summed E-state index contributed by atoms with van der Waals surface area (Å²) in [7, 11) is 1.67. The fourth-order valence-corrected chi connectivity index (χ4v) is 3.64. The first kappa shape index (κ1) is 14.1. The van der Waals surface area contributed by atoms with Crippen LogP contribution >= 0.6 is 11.8 Å². The molecule has 1 aliphatic carbocycles. The molecule has 1 N–H and O–H groups in total. The Hall–Kier alpha value is -0.870. The number of rotatable bonds is 5. The minimum Gasteiger partial charge on any atom is -0.493 e. The van der Waals surface area contributed by atoms with Gasteiger partial charge in [0.2, 0.25) is 0 Å². The molecule has 1 heterocycles. The Morgan fingerprint density at radius 1 is 1.35 bits per heavy atom. The van der Waals surface area contributed by atoms with Gasteiger partial charge in [-0.1, -0.05) is 6.07 Å². The first-order chi connectivity index (χ1) is 9.68. The molecule has 1 aliphatic heterocycles. The minimum absolute atomic E-state index is 0.293. The lowest BCUT2D eigenvalue weighted by Gasteiger charge is -2.24. The summed E-state index contributed by atoms with van der Waals surface area (Å²) < 4.78 is 11.5. The molecule has 0 amide bonds. The maximum Gasteiger partial charge on any atom is 0.161 e. The van der Waals surface area contributed by atoms with Gasteiger partial charge in [0.05, 0.1) is 12.7 Å². The van der Waals surface area contributed by atoms with Crippen LogP contribution in [0.1, 0.15) is 31.2 Å². The summed E-state index contributed by atoms with van der Waals surface area (Å²) in [5.41, 5.74) is 0.653. The average Bonchev–Trinajstić information content (AvgIpc) is 3.19. The van der Waals surface area contributed by atoms with Crippen molar-refractivity contribution < 1.29 is 14.6 Å². The normalized spacial score (nSPS) is 24.2. The standard InChI is InChI=1S/C16H22O3S/c1-18-15-9-12(10-16(17)6-7-16)4-5-14(15)19-13-3-2-8-20-11-13/h4-5,9,13,17H,2-3,6-8,10-11H2,1H3. The Balaban J connectivity index is 1.69. The van der Waals surface area contributed by atoms with Crippen molar-refractivity contribution in [3.63, 3.8) is 0 Å². The van der Waals surface area contributed by atoms with E-state index in [0.29, 0.717) is 12.5 Å². The van der Waals surface area contributed by atoms with Gasteiger partial charge in [0.1, 0.15) is 6.10 Å². The summed E-state index contributed by atoms with van der Waals surface area (Å²) in [4.78, 5) is 0. The summed E-state index contributed by atoms with van der Waals surface area (Å²) in [6, 6.07) is 6.03. The quantitative estimate of drug-likeness (QED) is 0.906. The smallest absolute Gasteiger partial charge is 0.161 e. The molecule has 0 bridgehead atoms. The number of methoxy groups -OCH3 is 1. The van der Waals surface area contributed by atoms with E-state index in [1.165, 1.54) is 12.2 Å². The zero-order valence-corrected chi connectivity index (χ0v) is 12.7. The molecule has 1 saturated carbocycles. The van der Waals surface area contributed by atoms with Crippen LogP contribution in [0.2, 0.25) is 0 Å². The molecular formula is C16H22O3S. The molecule has 1 aromatic rings. The Bertz CT molecular complexity index is 465. The second kappa shape index (κ2) is 5.86. The van der Waals surface area contributed by atoms with Crippen molar-refractivity contribution in [1.82, 2.24) is 0 Å². The molecule has 0 aromatic heterocycles. The second-order valence-corrected chi connectivity index (χ2v) is 6.99. The van der Waals surface area contributed by atoms with Gasteiger partial charge in [0, 0.05) is 12.2 Å². The Morgan fingerprint density at radius 3 is 2.85 bits per heavy atom. The third kappa shape index (κ3) is 3.41. The van der Waals surface area contributed by atoms with E-state index < -0.39 is 5.60 Å². The zero-order chi connectivity index (χ0) is 14.0. The van der Waals surface area contributed by atoms with E-state index in [1.54, 1.807) is 7.11 Å². The van der Waals surface area contributed by atoms with E-state index >= 15 is 0 Å². The predicted molar refractivity (Wildman–Crippen MR) is 81.9 cm³/mol. The zero-order valence-electron chi connectivity index (χ0n) is 11.9. The van der Waals surface area contributed by atoms with Crippen LogP contribution in [0.5, 0.6) is 11.5 Å². The number of hydrogen-bond donors (Lipinski definition) is 1. The average molecular weight is 294 g/mol. The van der Waals surface area contributed by atoms with E-state index in [0.717, 1.165) is 42.1 Å². The second-order valence-electron chi connectivity index (χ2n) is 5.84. The lowest BCUT2D eigenvalue weighted by molar-refractivity contribution is 0.150. The van der Waals surface area contributed by atoms with Gasteiger partial charge < -0.3 is 14.6 Å². The third-order valence-corrected chi connectivity index (χ3v) is 5.19. The number of hydrogen-bond acceptors (Lipinski definition) is 4. The molecule has 110 valence electrons. The Kier molecular flexibility index (Phi) is 4.13. The van der Waals surface area contributed by atoms with Crippen LogP contribution in [-0.2, 0) is 6.42 Å². The Labute approximate surface area is 124 Å². The van der Waals surface area contributed by atoms with Crippen LogP contribution in [0.25, 0.3) is 0 Å². The van der Waals surface area contributed by atoms with E-state index in [-0.39, 0.29) is 0 Å². The van der Waals surface area contributed by atoms with Crippen molar-refractivity contribution in [3.05, 3.63) is 23.8 Å². The van der Waals surface area contributed by atoms with Crippen molar-refractivity contribution >= 4 is 11.8 Å². The summed E-state index contributed by atoms with van der Waals surface area (Å²) in [5, 5.41) is 10.0. The van der Waals surface area contributed by atoms with Crippen LogP contribution in [0, 0.1) is 0 Å². The highest BCUT2D eigenvalue weighted by Gasteiger charge is 2.40. The number of thioether (sulfide) groups is 1. The first-order valence-corrected chi connectivity index (χ1v) is 8.48. The van der Waals surface area contributed by atoms with Gasteiger partial charge in [0.15, 0.2) is 11.5 Å². The van der Waals surface area contributed by atoms with E-state index in [2.05, 4.69) is 0 Å². The summed E-state index contributed by atoms with van der Waals surface area (Å²) in [5.74, 6) is 3.91. The van der Waals surface area contributed by atoms with Gasteiger partial charge in [-0.2, -0.15) is 11.8 Å². The number of aliphatic hydroxyl groups is 1. The molecule has 4 heteroatoms. The van der Waals surface area contributed by atoms with Gasteiger partial charge in [-0.05, 0) is 49.1 Å². The summed E-state index contributed by atoms with van der Waals surface area (Å²) in [6.07, 6.45) is 5.17. The maximum absolute atomic E-state index is 10.0. The van der Waals surface area contributed by atoms with Crippen molar-refractivity contribution in [3.8, 4) is 11.5 Å². The van der Waals surface area contributed by atoms with Crippen LogP contribution in [0.15, 0.2) is 18.2 Å². The van der Waals surface area contributed by atoms with E-state index in [4.69, 9.17) is 9.47 Å². The molecule has 1 atom stereocenters. The predicted octanol–water partition coefficient (Wildman–Crippen LogP) is 3.04. The van der Waals surface area contributed by atoms with Crippen LogP contribution in [-0.4, -0.2) is 35.4 Å². The molecule has 1 aromatic carbocycles. The lowest BCUT2D eigenvalue weighted by atomic mass is 10.1. The molecular weight excluding hydrogens is 272 g/mol. The largest absolute Gasteiger partial charge is 0.493 e. The molecule has 1 saturated heterocycles.